The number of aromatic nitrogens is 1. The van der Waals surface area contributed by atoms with Gasteiger partial charge in [-0.05, 0) is 17.7 Å². The monoisotopic (exact) mass is 287 g/mol. The lowest BCUT2D eigenvalue weighted by Crippen LogP contribution is -2.17. The Balaban J connectivity index is 2.40. The van der Waals surface area contributed by atoms with Gasteiger partial charge in [0.15, 0.2) is 0 Å². The molecule has 106 valence electrons. The summed E-state index contributed by atoms with van der Waals surface area (Å²) in [6, 6.07) is 6.31. The molecular formula is C13H9F4NO2. The van der Waals surface area contributed by atoms with E-state index in [9.17, 15) is 17.6 Å². The van der Waals surface area contributed by atoms with Crippen LogP contribution in [0.4, 0.5) is 17.6 Å². The highest BCUT2D eigenvalue weighted by molar-refractivity contribution is 5.66. The molecule has 1 aromatic heterocycles. The van der Waals surface area contributed by atoms with Gasteiger partial charge in [0.05, 0.1) is 13.3 Å². The van der Waals surface area contributed by atoms with Crippen molar-refractivity contribution in [1.29, 1.82) is 0 Å². The minimum Gasteiger partial charge on any atom is -0.481 e. The number of benzene rings is 1. The Morgan fingerprint density at radius 2 is 1.90 bits per heavy atom. The fourth-order valence-electron chi connectivity index (χ4n) is 1.61. The SMILES string of the molecule is COc1cc(-c2cccc(OC(F)(F)F)c2)c(F)cn1. The summed E-state index contributed by atoms with van der Waals surface area (Å²) in [6.45, 7) is 0. The Hall–Kier alpha value is -2.31. The highest BCUT2D eigenvalue weighted by Gasteiger charge is 2.31. The van der Waals surface area contributed by atoms with Crippen LogP contribution in [0.3, 0.4) is 0 Å². The minimum atomic E-state index is -4.80. The Bertz CT molecular complexity index is 614. The van der Waals surface area contributed by atoms with E-state index >= 15 is 0 Å². The molecule has 7 heteroatoms. The molecule has 1 aromatic carbocycles. The lowest BCUT2D eigenvalue weighted by molar-refractivity contribution is -0.274. The quantitative estimate of drug-likeness (QED) is 0.805. The van der Waals surface area contributed by atoms with Gasteiger partial charge in [-0.1, -0.05) is 12.1 Å². The number of nitrogens with zero attached hydrogens (tertiary/aromatic N) is 1. The van der Waals surface area contributed by atoms with E-state index in [1.807, 2.05) is 0 Å². The second-order valence-electron chi connectivity index (χ2n) is 3.78. The van der Waals surface area contributed by atoms with Crippen molar-refractivity contribution in [1.82, 2.24) is 4.98 Å². The molecular weight excluding hydrogens is 278 g/mol. The second kappa shape index (κ2) is 5.36. The van der Waals surface area contributed by atoms with Crippen molar-refractivity contribution in [3.63, 3.8) is 0 Å². The number of rotatable bonds is 3. The standard InChI is InChI=1S/C13H9F4NO2/c1-19-12-6-10(11(14)7-18-12)8-3-2-4-9(5-8)20-13(15,16)17/h2-7H,1H3. The lowest BCUT2D eigenvalue weighted by Gasteiger charge is -2.11. The maximum absolute atomic E-state index is 13.7. The summed E-state index contributed by atoms with van der Waals surface area (Å²) >= 11 is 0. The lowest BCUT2D eigenvalue weighted by atomic mass is 10.1. The summed E-state index contributed by atoms with van der Waals surface area (Å²) in [5.41, 5.74) is 0.300. The first-order chi connectivity index (χ1) is 9.39. The highest BCUT2D eigenvalue weighted by atomic mass is 19.4. The van der Waals surface area contributed by atoms with Crippen LogP contribution in [-0.2, 0) is 0 Å². The first kappa shape index (κ1) is 14.1. The number of alkyl halides is 3. The van der Waals surface area contributed by atoms with Crippen LogP contribution in [0.25, 0.3) is 11.1 Å². The van der Waals surface area contributed by atoms with Crippen molar-refractivity contribution in [2.75, 3.05) is 7.11 Å². The molecule has 2 aromatic rings. The van der Waals surface area contributed by atoms with Gasteiger partial charge in [-0.25, -0.2) is 9.37 Å². The molecule has 0 fully saturated rings. The minimum absolute atomic E-state index is 0.0736. The van der Waals surface area contributed by atoms with E-state index in [1.54, 1.807) is 0 Å². The zero-order chi connectivity index (χ0) is 14.8. The van der Waals surface area contributed by atoms with Crippen LogP contribution in [0.1, 0.15) is 0 Å². The first-order valence-electron chi connectivity index (χ1n) is 5.45. The average Bonchev–Trinajstić information content (AvgIpc) is 2.37. The normalized spacial score (nSPS) is 11.2. The van der Waals surface area contributed by atoms with Crippen molar-refractivity contribution in [3.8, 4) is 22.8 Å². The van der Waals surface area contributed by atoms with Crippen LogP contribution in [-0.4, -0.2) is 18.5 Å². The van der Waals surface area contributed by atoms with Gasteiger partial charge in [0.25, 0.3) is 0 Å². The van der Waals surface area contributed by atoms with Crippen LogP contribution in [0.2, 0.25) is 0 Å². The van der Waals surface area contributed by atoms with Crippen molar-refractivity contribution in [2.24, 2.45) is 0 Å². The van der Waals surface area contributed by atoms with E-state index in [0.717, 1.165) is 18.3 Å². The number of hydrogen-bond donors (Lipinski definition) is 0. The molecule has 0 unspecified atom stereocenters. The molecule has 0 aliphatic rings. The number of hydrogen-bond acceptors (Lipinski definition) is 3. The van der Waals surface area contributed by atoms with Gasteiger partial charge in [-0.2, -0.15) is 0 Å². The predicted octanol–water partition coefficient (Wildman–Crippen LogP) is 3.79. The van der Waals surface area contributed by atoms with Crippen LogP contribution in [0.15, 0.2) is 36.5 Å². The molecule has 0 saturated carbocycles. The third kappa shape index (κ3) is 3.37. The Morgan fingerprint density at radius 3 is 2.55 bits per heavy atom. The molecule has 0 aliphatic carbocycles. The highest BCUT2D eigenvalue weighted by Crippen LogP contribution is 2.30. The largest absolute Gasteiger partial charge is 0.573 e. The third-order valence-electron chi connectivity index (χ3n) is 2.42. The molecule has 0 atom stereocenters. The molecule has 0 bridgehead atoms. The second-order valence-corrected chi connectivity index (χ2v) is 3.78. The zero-order valence-corrected chi connectivity index (χ0v) is 10.2. The summed E-state index contributed by atoms with van der Waals surface area (Å²) in [7, 11) is 1.35. The van der Waals surface area contributed by atoms with Crippen molar-refractivity contribution in [2.45, 2.75) is 6.36 Å². The molecule has 0 saturated heterocycles. The molecule has 20 heavy (non-hydrogen) atoms. The summed E-state index contributed by atoms with van der Waals surface area (Å²) in [4.78, 5) is 3.66. The maximum Gasteiger partial charge on any atom is 0.573 e. The molecule has 0 radical (unpaired) electrons. The molecule has 0 N–H and O–H groups in total. The van der Waals surface area contributed by atoms with Crippen LogP contribution in [0.5, 0.6) is 11.6 Å². The van der Waals surface area contributed by atoms with E-state index in [4.69, 9.17) is 4.74 Å². The summed E-state index contributed by atoms with van der Waals surface area (Å²) in [6.07, 6.45) is -3.86. The Morgan fingerprint density at radius 1 is 1.15 bits per heavy atom. The van der Waals surface area contributed by atoms with Gasteiger partial charge in [-0.15, -0.1) is 13.2 Å². The van der Waals surface area contributed by atoms with E-state index in [1.165, 1.54) is 25.3 Å². The van der Waals surface area contributed by atoms with E-state index in [0.29, 0.717) is 0 Å². The molecule has 2 rings (SSSR count). The number of methoxy groups -OCH3 is 1. The van der Waals surface area contributed by atoms with Gasteiger partial charge in [-0.3, -0.25) is 0 Å². The van der Waals surface area contributed by atoms with Gasteiger partial charge in [0.1, 0.15) is 11.6 Å². The summed E-state index contributed by atoms with van der Waals surface area (Å²) in [5, 5.41) is 0. The van der Waals surface area contributed by atoms with Crippen LogP contribution >= 0.6 is 0 Å². The van der Waals surface area contributed by atoms with E-state index in [2.05, 4.69) is 9.72 Å². The third-order valence-corrected chi connectivity index (χ3v) is 2.42. The molecule has 0 aliphatic heterocycles. The maximum atomic E-state index is 13.7. The van der Waals surface area contributed by atoms with E-state index < -0.39 is 17.9 Å². The Labute approximate surface area is 111 Å². The first-order valence-corrected chi connectivity index (χ1v) is 5.45. The van der Waals surface area contributed by atoms with Gasteiger partial charge in [0, 0.05) is 11.6 Å². The zero-order valence-electron chi connectivity index (χ0n) is 10.2. The fourth-order valence-corrected chi connectivity index (χ4v) is 1.61. The molecule has 3 nitrogen and oxygen atoms in total. The topological polar surface area (TPSA) is 31.4 Å². The van der Waals surface area contributed by atoms with Crippen LogP contribution in [0, 0.1) is 5.82 Å². The fraction of sp³-hybridized carbons (Fsp3) is 0.154. The molecule has 1 heterocycles. The Kier molecular flexibility index (Phi) is 3.78. The van der Waals surface area contributed by atoms with Gasteiger partial charge >= 0.3 is 6.36 Å². The van der Waals surface area contributed by atoms with Crippen molar-refractivity contribution >= 4 is 0 Å². The molecule has 0 spiro atoms. The van der Waals surface area contributed by atoms with E-state index in [-0.39, 0.29) is 17.0 Å². The smallest absolute Gasteiger partial charge is 0.481 e. The number of ether oxygens (including phenoxy) is 2. The number of halogens is 4. The van der Waals surface area contributed by atoms with Crippen molar-refractivity contribution < 1.29 is 27.0 Å². The molecule has 0 amide bonds. The van der Waals surface area contributed by atoms with Crippen molar-refractivity contribution in [3.05, 3.63) is 42.3 Å². The van der Waals surface area contributed by atoms with Gasteiger partial charge in [0.2, 0.25) is 5.88 Å². The van der Waals surface area contributed by atoms with Crippen LogP contribution < -0.4 is 9.47 Å². The summed E-state index contributed by atoms with van der Waals surface area (Å²) in [5.74, 6) is -0.941. The number of pyridine rings is 1. The summed E-state index contributed by atoms with van der Waals surface area (Å²) < 4.78 is 58.8. The predicted molar refractivity (Wildman–Crippen MR) is 62.9 cm³/mol. The average molecular weight is 287 g/mol. The van der Waals surface area contributed by atoms with Gasteiger partial charge < -0.3 is 9.47 Å².